The van der Waals surface area contributed by atoms with Gasteiger partial charge in [0, 0.05) is 12.1 Å². The molecular formula is C14H22F3NO2. The van der Waals surface area contributed by atoms with Gasteiger partial charge in [-0.3, -0.25) is 4.79 Å². The molecule has 2 saturated carbocycles. The molecule has 3 nitrogen and oxygen atoms in total. The molecule has 0 bridgehead atoms. The summed E-state index contributed by atoms with van der Waals surface area (Å²) in [6, 6.07) is -0.626. The minimum absolute atomic E-state index is 0.0854. The van der Waals surface area contributed by atoms with E-state index in [4.69, 9.17) is 5.11 Å². The van der Waals surface area contributed by atoms with Crippen molar-refractivity contribution in [1.29, 1.82) is 0 Å². The van der Waals surface area contributed by atoms with E-state index < -0.39 is 30.0 Å². The average molecular weight is 293 g/mol. The molecule has 4 atom stereocenters. The number of nitrogens with one attached hydrogen (secondary N) is 1. The molecule has 116 valence electrons. The molecule has 0 spiro atoms. The van der Waals surface area contributed by atoms with Crippen LogP contribution in [-0.4, -0.2) is 29.3 Å². The van der Waals surface area contributed by atoms with E-state index in [1.807, 2.05) is 0 Å². The number of aliphatic carboxylic acids is 1. The Labute approximate surface area is 116 Å². The maximum atomic E-state index is 13.0. The number of hydrogen-bond acceptors (Lipinski definition) is 2. The third-order valence-electron chi connectivity index (χ3n) is 4.66. The molecular weight excluding hydrogens is 271 g/mol. The van der Waals surface area contributed by atoms with E-state index >= 15 is 0 Å². The predicted molar refractivity (Wildman–Crippen MR) is 68.3 cm³/mol. The first-order valence-electron chi connectivity index (χ1n) is 7.43. The second-order valence-electron chi connectivity index (χ2n) is 6.10. The molecule has 0 aromatic carbocycles. The monoisotopic (exact) mass is 293 g/mol. The van der Waals surface area contributed by atoms with Gasteiger partial charge in [0.25, 0.3) is 0 Å². The number of rotatable bonds is 3. The van der Waals surface area contributed by atoms with Crippen molar-refractivity contribution in [1.82, 2.24) is 5.32 Å². The number of alkyl halides is 3. The van der Waals surface area contributed by atoms with Crippen molar-refractivity contribution in [2.45, 2.75) is 69.6 Å². The molecule has 0 aromatic heterocycles. The Morgan fingerprint density at radius 3 is 2.40 bits per heavy atom. The zero-order valence-electron chi connectivity index (χ0n) is 11.5. The van der Waals surface area contributed by atoms with Crippen molar-refractivity contribution < 1.29 is 23.1 Å². The standard InChI is InChI=1S/C14H22F3NO2/c15-14(16,17)11-6-1-2-7-12(11)18-10-5-3-4-9(8-10)13(19)20/h9-12,18H,1-8H2,(H,19,20). The summed E-state index contributed by atoms with van der Waals surface area (Å²) in [7, 11) is 0. The third-order valence-corrected chi connectivity index (χ3v) is 4.66. The molecule has 0 heterocycles. The van der Waals surface area contributed by atoms with Gasteiger partial charge >= 0.3 is 12.1 Å². The Morgan fingerprint density at radius 2 is 1.75 bits per heavy atom. The van der Waals surface area contributed by atoms with Gasteiger partial charge < -0.3 is 10.4 Å². The van der Waals surface area contributed by atoms with Crippen LogP contribution in [0.25, 0.3) is 0 Å². The molecule has 0 aromatic rings. The zero-order valence-corrected chi connectivity index (χ0v) is 11.5. The summed E-state index contributed by atoms with van der Waals surface area (Å²) in [6.45, 7) is 0. The molecule has 0 amide bonds. The van der Waals surface area contributed by atoms with E-state index in [0.29, 0.717) is 25.7 Å². The van der Waals surface area contributed by atoms with Gasteiger partial charge in [-0.25, -0.2) is 0 Å². The number of carboxylic acids is 1. The summed E-state index contributed by atoms with van der Waals surface area (Å²) < 4.78 is 39.0. The van der Waals surface area contributed by atoms with Gasteiger partial charge in [0.1, 0.15) is 0 Å². The topological polar surface area (TPSA) is 49.3 Å². The Hall–Kier alpha value is -0.780. The minimum atomic E-state index is -4.15. The van der Waals surface area contributed by atoms with E-state index in [9.17, 15) is 18.0 Å². The zero-order chi connectivity index (χ0) is 14.8. The highest BCUT2D eigenvalue weighted by atomic mass is 19.4. The number of carbonyl (C=O) groups is 1. The van der Waals surface area contributed by atoms with E-state index in [2.05, 4.69) is 5.32 Å². The second kappa shape index (κ2) is 6.33. The largest absolute Gasteiger partial charge is 0.481 e. The average Bonchev–Trinajstić information content (AvgIpc) is 2.38. The summed E-state index contributed by atoms with van der Waals surface area (Å²) >= 11 is 0. The Morgan fingerprint density at radius 1 is 1.05 bits per heavy atom. The molecule has 20 heavy (non-hydrogen) atoms. The van der Waals surface area contributed by atoms with Crippen LogP contribution in [0.2, 0.25) is 0 Å². The van der Waals surface area contributed by atoms with E-state index in [0.717, 1.165) is 19.3 Å². The highest BCUT2D eigenvalue weighted by Gasteiger charge is 2.46. The Bertz CT molecular complexity index is 346. The number of hydrogen-bond donors (Lipinski definition) is 2. The van der Waals surface area contributed by atoms with E-state index in [1.165, 1.54) is 0 Å². The first kappa shape index (κ1) is 15.6. The number of halogens is 3. The molecule has 0 saturated heterocycles. The molecule has 2 aliphatic rings. The summed E-state index contributed by atoms with van der Waals surface area (Å²) in [5, 5.41) is 12.2. The lowest BCUT2D eigenvalue weighted by atomic mass is 9.81. The highest BCUT2D eigenvalue weighted by molar-refractivity contribution is 5.70. The van der Waals surface area contributed by atoms with Crippen molar-refractivity contribution in [3.05, 3.63) is 0 Å². The highest BCUT2D eigenvalue weighted by Crippen LogP contribution is 2.38. The van der Waals surface area contributed by atoms with Crippen LogP contribution in [0.15, 0.2) is 0 Å². The molecule has 2 rings (SSSR count). The molecule has 0 aliphatic heterocycles. The second-order valence-corrected chi connectivity index (χ2v) is 6.10. The quantitative estimate of drug-likeness (QED) is 0.839. The van der Waals surface area contributed by atoms with Gasteiger partial charge in [-0.15, -0.1) is 0 Å². The SMILES string of the molecule is O=C(O)C1CCCC(NC2CCCCC2C(F)(F)F)C1. The van der Waals surface area contributed by atoms with Crippen molar-refractivity contribution in [3.8, 4) is 0 Å². The lowest BCUT2D eigenvalue weighted by Crippen LogP contribution is -2.50. The van der Waals surface area contributed by atoms with E-state index in [1.54, 1.807) is 0 Å². The van der Waals surface area contributed by atoms with Gasteiger partial charge in [0.05, 0.1) is 11.8 Å². The van der Waals surface area contributed by atoms with Crippen molar-refractivity contribution in [2.24, 2.45) is 11.8 Å². The predicted octanol–water partition coefficient (Wildman–Crippen LogP) is 3.34. The first-order valence-corrected chi connectivity index (χ1v) is 7.43. The Kier molecular flexibility index (Phi) is 4.94. The molecule has 6 heteroatoms. The summed E-state index contributed by atoms with van der Waals surface area (Å²) in [6.07, 6.45) is 0.678. The summed E-state index contributed by atoms with van der Waals surface area (Å²) in [5.74, 6) is -2.51. The van der Waals surface area contributed by atoms with Crippen molar-refractivity contribution in [3.63, 3.8) is 0 Å². The molecule has 2 fully saturated rings. The van der Waals surface area contributed by atoms with E-state index in [-0.39, 0.29) is 12.5 Å². The smallest absolute Gasteiger partial charge is 0.393 e. The third kappa shape index (κ3) is 3.87. The van der Waals surface area contributed by atoms with Crippen molar-refractivity contribution in [2.75, 3.05) is 0 Å². The van der Waals surface area contributed by atoms with Gasteiger partial charge in [0.2, 0.25) is 0 Å². The van der Waals surface area contributed by atoms with Gasteiger partial charge in [-0.1, -0.05) is 19.3 Å². The maximum absolute atomic E-state index is 13.0. The first-order chi connectivity index (χ1) is 9.38. The lowest BCUT2D eigenvalue weighted by molar-refractivity contribution is -0.189. The fraction of sp³-hybridized carbons (Fsp3) is 0.929. The van der Waals surface area contributed by atoms with Crippen LogP contribution in [-0.2, 0) is 4.79 Å². The van der Waals surface area contributed by atoms with Crippen LogP contribution < -0.4 is 5.32 Å². The Balaban J connectivity index is 1.95. The van der Waals surface area contributed by atoms with Crippen LogP contribution in [0.3, 0.4) is 0 Å². The van der Waals surface area contributed by atoms with Gasteiger partial charge in [-0.2, -0.15) is 13.2 Å². The summed E-state index contributed by atoms with van der Waals surface area (Å²) in [5.41, 5.74) is 0. The summed E-state index contributed by atoms with van der Waals surface area (Å²) in [4.78, 5) is 11.0. The van der Waals surface area contributed by atoms with Crippen LogP contribution in [0, 0.1) is 11.8 Å². The van der Waals surface area contributed by atoms with Crippen molar-refractivity contribution >= 4 is 5.97 Å². The molecule has 2 aliphatic carbocycles. The van der Waals surface area contributed by atoms with Crippen LogP contribution in [0.5, 0.6) is 0 Å². The normalized spacial score (nSPS) is 35.8. The minimum Gasteiger partial charge on any atom is -0.481 e. The number of carboxylic acid groups (broad SMARTS) is 1. The molecule has 4 unspecified atom stereocenters. The van der Waals surface area contributed by atoms with Gasteiger partial charge in [-0.05, 0) is 32.1 Å². The van der Waals surface area contributed by atoms with Crippen LogP contribution in [0.4, 0.5) is 13.2 Å². The maximum Gasteiger partial charge on any atom is 0.393 e. The van der Waals surface area contributed by atoms with Crippen LogP contribution in [0.1, 0.15) is 51.4 Å². The van der Waals surface area contributed by atoms with Crippen LogP contribution >= 0.6 is 0 Å². The molecule has 2 N–H and O–H groups in total. The van der Waals surface area contributed by atoms with Gasteiger partial charge in [0.15, 0.2) is 0 Å². The fourth-order valence-corrected chi connectivity index (χ4v) is 3.59. The molecule has 0 radical (unpaired) electrons. The lowest BCUT2D eigenvalue weighted by Gasteiger charge is -2.38. The fourth-order valence-electron chi connectivity index (χ4n) is 3.59.